The molecule has 2 rings (SSSR count). The van der Waals surface area contributed by atoms with Gasteiger partial charge in [-0.2, -0.15) is 0 Å². The lowest BCUT2D eigenvalue weighted by molar-refractivity contribution is -0.116. The fourth-order valence-corrected chi connectivity index (χ4v) is 1.87. The van der Waals surface area contributed by atoms with Gasteiger partial charge in [0.25, 0.3) is 0 Å². The number of aromatic hydroxyl groups is 1. The van der Waals surface area contributed by atoms with Crippen molar-refractivity contribution in [2.45, 2.75) is 19.3 Å². The van der Waals surface area contributed by atoms with Gasteiger partial charge in [0.15, 0.2) is 5.75 Å². The molecule has 0 bridgehead atoms. The average molecular weight is 256 g/mol. The van der Waals surface area contributed by atoms with Crippen LogP contribution in [0.1, 0.15) is 24.8 Å². The first-order chi connectivity index (χ1) is 9.16. The standard InChI is InChI=1S/C15H16N2O2/c1-11(12-5-3-2-4-6-12)9-15(19)17-13-7-8-16-10-14(13)18/h2-8,10-11,18H,9H2,1H3,(H,16,17,19)/t11-/m0/s1. The summed E-state index contributed by atoms with van der Waals surface area (Å²) in [5, 5.41) is 12.2. The van der Waals surface area contributed by atoms with Gasteiger partial charge in [-0.15, -0.1) is 0 Å². The molecule has 1 aromatic heterocycles. The Bertz CT molecular complexity index is 555. The van der Waals surface area contributed by atoms with E-state index in [2.05, 4.69) is 10.3 Å². The van der Waals surface area contributed by atoms with Crippen LogP contribution in [0.2, 0.25) is 0 Å². The number of aromatic nitrogens is 1. The number of nitrogens with one attached hydrogen (secondary N) is 1. The van der Waals surface area contributed by atoms with Crippen molar-refractivity contribution < 1.29 is 9.90 Å². The molecule has 0 spiro atoms. The maximum absolute atomic E-state index is 11.9. The molecule has 0 aliphatic heterocycles. The molecule has 98 valence electrons. The highest BCUT2D eigenvalue weighted by Gasteiger charge is 2.12. The number of nitrogens with zero attached hydrogens (tertiary/aromatic N) is 1. The molecule has 4 heteroatoms. The molecule has 0 radical (unpaired) electrons. The van der Waals surface area contributed by atoms with E-state index in [1.807, 2.05) is 37.3 Å². The Hall–Kier alpha value is -2.36. The first-order valence-electron chi connectivity index (χ1n) is 6.14. The number of rotatable bonds is 4. The zero-order chi connectivity index (χ0) is 13.7. The molecule has 4 nitrogen and oxygen atoms in total. The maximum Gasteiger partial charge on any atom is 0.225 e. The van der Waals surface area contributed by atoms with Crippen LogP contribution in [0.15, 0.2) is 48.8 Å². The average Bonchev–Trinajstić information content (AvgIpc) is 2.42. The first-order valence-corrected chi connectivity index (χ1v) is 6.14. The third-order valence-corrected chi connectivity index (χ3v) is 2.93. The van der Waals surface area contributed by atoms with Crippen molar-refractivity contribution in [1.29, 1.82) is 0 Å². The van der Waals surface area contributed by atoms with Gasteiger partial charge in [0.1, 0.15) is 0 Å². The lowest BCUT2D eigenvalue weighted by Crippen LogP contribution is -2.14. The van der Waals surface area contributed by atoms with Crippen LogP contribution in [-0.2, 0) is 4.79 Å². The number of amides is 1. The van der Waals surface area contributed by atoms with Gasteiger partial charge in [-0.05, 0) is 17.5 Å². The highest BCUT2D eigenvalue weighted by Crippen LogP contribution is 2.23. The Labute approximate surface area is 112 Å². The molecule has 1 amide bonds. The summed E-state index contributed by atoms with van der Waals surface area (Å²) >= 11 is 0. The van der Waals surface area contributed by atoms with E-state index in [0.29, 0.717) is 12.1 Å². The summed E-state index contributed by atoms with van der Waals surface area (Å²) in [6, 6.07) is 11.4. The normalized spacial score (nSPS) is 11.8. The number of carbonyl (C=O) groups excluding carboxylic acids is 1. The third-order valence-electron chi connectivity index (χ3n) is 2.93. The van der Waals surface area contributed by atoms with E-state index in [4.69, 9.17) is 0 Å². The van der Waals surface area contributed by atoms with Crippen molar-refractivity contribution in [3.05, 3.63) is 54.4 Å². The topological polar surface area (TPSA) is 62.2 Å². The van der Waals surface area contributed by atoms with Gasteiger partial charge >= 0.3 is 0 Å². The molecule has 1 atom stereocenters. The van der Waals surface area contributed by atoms with Gasteiger partial charge in [-0.1, -0.05) is 37.3 Å². The predicted octanol–water partition coefficient (Wildman–Crippen LogP) is 2.92. The van der Waals surface area contributed by atoms with Crippen molar-refractivity contribution in [1.82, 2.24) is 4.98 Å². The molecule has 0 unspecified atom stereocenters. The number of pyridine rings is 1. The summed E-state index contributed by atoms with van der Waals surface area (Å²) in [5.41, 5.74) is 1.51. The SMILES string of the molecule is C[C@@H](CC(=O)Nc1ccncc1O)c1ccccc1. The number of hydrogen-bond acceptors (Lipinski definition) is 3. The van der Waals surface area contributed by atoms with E-state index in [9.17, 15) is 9.90 Å². The number of anilines is 1. The fourth-order valence-electron chi connectivity index (χ4n) is 1.87. The van der Waals surface area contributed by atoms with Crippen molar-refractivity contribution in [3.63, 3.8) is 0 Å². The van der Waals surface area contributed by atoms with Crippen molar-refractivity contribution >= 4 is 11.6 Å². The summed E-state index contributed by atoms with van der Waals surface area (Å²) in [6.45, 7) is 2.00. The van der Waals surface area contributed by atoms with E-state index in [-0.39, 0.29) is 17.6 Å². The Morgan fingerprint density at radius 3 is 2.74 bits per heavy atom. The minimum absolute atomic E-state index is 0.0248. The molecular weight excluding hydrogens is 240 g/mol. The fraction of sp³-hybridized carbons (Fsp3) is 0.200. The molecule has 1 aromatic carbocycles. The van der Waals surface area contributed by atoms with Crippen LogP contribution >= 0.6 is 0 Å². The number of hydrogen-bond donors (Lipinski definition) is 2. The lowest BCUT2D eigenvalue weighted by atomic mass is 9.97. The molecule has 0 aliphatic rings. The molecule has 2 aromatic rings. The van der Waals surface area contributed by atoms with Gasteiger partial charge in [0.05, 0.1) is 11.9 Å². The van der Waals surface area contributed by atoms with Crippen LogP contribution in [0.25, 0.3) is 0 Å². The Kier molecular flexibility index (Phi) is 4.13. The summed E-state index contributed by atoms with van der Waals surface area (Å²) in [4.78, 5) is 15.7. The zero-order valence-corrected chi connectivity index (χ0v) is 10.7. The molecule has 0 saturated heterocycles. The van der Waals surface area contributed by atoms with E-state index in [1.54, 1.807) is 6.07 Å². The van der Waals surface area contributed by atoms with Crippen LogP contribution in [0.3, 0.4) is 0 Å². The summed E-state index contributed by atoms with van der Waals surface area (Å²) in [7, 11) is 0. The summed E-state index contributed by atoms with van der Waals surface area (Å²) < 4.78 is 0. The van der Waals surface area contributed by atoms with Crippen LogP contribution in [0.5, 0.6) is 5.75 Å². The highest BCUT2D eigenvalue weighted by atomic mass is 16.3. The molecule has 0 aliphatic carbocycles. The second-order valence-electron chi connectivity index (χ2n) is 4.46. The minimum atomic E-state index is -0.127. The molecule has 19 heavy (non-hydrogen) atoms. The minimum Gasteiger partial charge on any atom is -0.504 e. The zero-order valence-electron chi connectivity index (χ0n) is 10.7. The largest absolute Gasteiger partial charge is 0.504 e. The van der Waals surface area contributed by atoms with Gasteiger partial charge in [-0.25, -0.2) is 0 Å². The van der Waals surface area contributed by atoms with Crippen molar-refractivity contribution in [2.75, 3.05) is 5.32 Å². The van der Waals surface area contributed by atoms with Gasteiger partial charge in [0.2, 0.25) is 5.91 Å². The monoisotopic (exact) mass is 256 g/mol. The lowest BCUT2D eigenvalue weighted by Gasteiger charge is -2.12. The molecule has 2 N–H and O–H groups in total. The van der Waals surface area contributed by atoms with Crippen LogP contribution in [-0.4, -0.2) is 16.0 Å². The van der Waals surface area contributed by atoms with Gasteiger partial charge in [-0.3, -0.25) is 9.78 Å². The van der Waals surface area contributed by atoms with Crippen LogP contribution < -0.4 is 5.32 Å². The quantitative estimate of drug-likeness (QED) is 0.884. The highest BCUT2D eigenvalue weighted by molar-refractivity contribution is 5.92. The molecule has 0 fully saturated rings. The van der Waals surface area contributed by atoms with E-state index < -0.39 is 0 Å². The summed E-state index contributed by atoms with van der Waals surface area (Å²) in [6.07, 6.45) is 3.19. The second kappa shape index (κ2) is 6.00. The van der Waals surface area contributed by atoms with E-state index >= 15 is 0 Å². The first kappa shape index (κ1) is 13.1. The Balaban J connectivity index is 1.97. The van der Waals surface area contributed by atoms with E-state index in [1.165, 1.54) is 12.4 Å². The van der Waals surface area contributed by atoms with Crippen LogP contribution in [0, 0.1) is 0 Å². The predicted molar refractivity (Wildman–Crippen MR) is 74.0 cm³/mol. The van der Waals surface area contributed by atoms with Gasteiger partial charge in [0, 0.05) is 12.6 Å². The Morgan fingerprint density at radius 2 is 2.05 bits per heavy atom. The van der Waals surface area contributed by atoms with Crippen molar-refractivity contribution in [3.8, 4) is 5.75 Å². The smallest absolute Gasteiger partial charge is 0.225 e. The molecule has 1 heterocycles. The number of carbonyl (C=O) groups is 1. The summed E-state index contributed by atoms with van der Waals surface area (Å²) in [5.74, 6) is -0.0220. The van der Waals surface area contributed by atoms with Crippen LogP contribution in [0.4, 0.5) is 5.69 Å². The molecular formula is C15H16N2O2. The van der Waals surface area contributed by atoms with Gasteiger partial charge < -0.3 is 10.4 Å². The van der Waals surface area contributed by atoms with Crippen molar-refractivity contribution in [2.24, 2.45) is 0 Å². The second-order valence-corrected chi connectivity index (χ2v) is 4.46. The third kappa shape index (κ3) is 3.55. The Morgan fingerprint density at radius 1 is 1.32 bits per heavy atom. The number of benzene rings is 1. The van der Waals surface area contributed by atoms with E-state index in [0.717, 1.165) is 5.56 Å². The maximum atomic E-state index is 11.9. The molecule has 0 saturated carbocycles.